The molecule has 0 saturated carbocycles. The van der Waals surface area contributed by atoms with E-state index in [4.69, 9.17) is 28.3 Å². The van der Waals surface area contributed by atoms with Crippen LogP contribution in [-0.4, -0.2) is 25.7 Å². The molecule has 0 aliphatic carbocycles. The van der Waals surface area contributed by atoms with Crippen molar-refractivity contribution in [1.82, 2.24) is 0 Å². The third-order valence-corrected chi connectivity index (χ3v) is 4.86. The molecule has 0 aliphatic rings. The molecule has 0 radical (unpaired) electrons. The summed E-state index contributed by atoms with van der Waals surface area (Å²) in [5.74, 6) is -1.18. The van der Waals surface area contributed by atoms with Crippen LogP contribution in [0.3, 0.4) is 0 Å². The molecule has 0 unspecified atom stereocenters. The second-order valence-corrected chi connectivity index (χ2v) is 7.69. The second kappa shape index (κ2) is 5.91. The minimum Gasteiger partial charge on any atom is -0.478 e. The Morgan fingerprint density at radius 2 is 1.73 bits per heavy atom. The van der Waals surface area contributed by atoms with E-state index in [-0.39, 0.29) is 10.5 Å². The highest BCUT2D eigenvalue weighted by atomic mass is 35.5. The average Bonchev–Trinajstić information content (AvgIpc) is 2.36. The van der Waals surface area contributed by atoms with Gasteiger partial charge in [0.1, 0.15) is 0 Å². The summed E-state index contributed by atoms with van der Waals surface area (Å²) in [6.07, 6.45) is 1.02. The standard InChI is InChI=1S/C15H12Cl2O4S/c1-8-5-12(10-4-3-9(16)6-13(10)17)14(22(2,20)21)7-11(8)15(18)19/h3-7H,1-2H3,(H,18,19). The summed E-state index contributed by atoms with van der Waals surface area (Å²) in [5, 5.41) is 9.89. The molecule has 0 amide bonds. The van der Waals surface area contributed by atoms with Crippen LogP contribution in [0.5, 0.6) is 0 Å². The highest BCUT2D eigenvalue weighted by Gasteiger charge is 2.21. The maximum atomic E-state index is 12.0. The summed E-state index contributed by atoms with van der Waals surface area (Å²) in [4.78, 5) is 11.1. The van der Waals surface area contributed by atoms with Gasteiger partial charge in [-0.3, -0.25) is 0 Å². The molecule has 0 aromatic heterocycles. The maximum Gasteiger partial charge on any atom is 0.335 e. The highest BCUT2D eigenvalue weighted by molar-refractivity contribution is 7.90. The lowest BCUT2D eigenvalue weighted by atomic mass is 9.99. The molecule has 1 N–H and O–H groups in total. The van der Waals surface area contributed by atoms with E-state index in [0.29, 0.717) is 26.7 Å². The molecule has 2 aromatic rings. The molecule has 7 heteroatoms. The van der Waals surface area contributed by atoms with E-state index in [1.165, 1.54) is 12.1 Å². The normalized spacial score (nSPS) is 11.5. The molecular formula is C15H12Cl2O4S. The molecule has 0 aliphatic heterocycles. The van der Waals surface area contributed by atoms with Crippen molar-refractivity contribution in [3.63, 3.8) is 0 Å². The van der Waals surface area contributed by atoms with E-state index < -0.39 is 15.8 Å². The van der Waals surface area contributed by atoms with Crippen molar-refractivity contribution in [3.05, 3.63) is 51.5 Å². The smallest absolute Gasteiger partial charge is 0.335 e. The second-order valence-electron chi connectivity index (χ2n) is 4.86. The molecule has 4 nitrogen and oxygen atoms in total. The zero-order valence-electron chi connectivity index (χ0n) is 11.7. The molecule has 0 atom stereocenters. The minimum absolute atomic E-state index is 0.0609. The molecule has 2 rings (SSSR count). The van der Waals surface area contributed by atoms with Crippen LogP contribution in [0, 0.1) is 6.92 Å². The topological polar surface area (TPSA) is 71.4 Å². The molecule has 22 heavy (non-hydrogen) atoms. The predicted octanol–water partition coefficient (Wildman–Crippen LogP) is 4.07. The van der Waals surface area contributed by atoms with Crippen LogP contribution in [0.4, 0.5) is 0 Å². The van der Waals surface area contributed by atoms with Crippen molar-refractivity contribution in [1.29, 1.82) is 0 Å². The first-order valence-corrected chi connectivity index (χ1v) is 8.79. The van der Waals surface area contributed by atoms with Crippen LogP contribution in [0.25, 0.3) is 11.1 Å². The van der Waals surface area contributed by atoms with Gasteiger partial charge >= 0.3 is 5.97 Å². The first kappa shape index (κ1) is 16.8. The van der Waals surface area contributed by atoms with Crippen molar-refractivity contribution >= 4 is 39.0 Å². The molecule has 116 valence electrons. The number of aromatic carboxylic acids is 1. The number of carbonyl (C=O) groups is 1. The molecule has 0 bridgehead atoms. The lowest BCUT2D eigenvalue weighted by Gasteiger charge is -2.13. The van der Waals surface area contributed by atoms with Gasteiger partial charge in [-0.15, -0.1) is 0 Å². The van der Waals surface area contributed by atoms with E-state index in [1.807, 2.05) is 0 Å². The minimum atomic E-state index is -3.64. The first-order valence-electron chi connectivity index (χ1n) is 6.14. The van der Waals surface area contributed by atoms with Gasteiger partial charge in [-0.1, -0.05) is 29.3 Å². The highest BCUT2D eigenvalue weighted by Crippen LogP contribution is 2.36. The Balaban J connectivity index is 2.86. The van der Waals surface area contributed by atoms with Crippen molar-refractivity contribution in [3.8, 4) is 11.1 Å². The van der Waals surface area contributed by atoms with E-state index in [1.54, 1.807) is 19.1 Å². The monoisotopic (exact) mass is 358 g/mol. The van der Waals surface area contributed by atoms with Gasteiger partial charge in [-0.25, -0.2) is 13.2 Å². The lowest BCUT2D eigenvalue weighted by molar-refractivity contribution is 0.0696. The largest absolute Gasteiger partial charge is 0.478 e. The fraction of sp³-hybridized carbons (Fsp3) is 0.133. The summed E-state index contributed by atoms with van der Waals surface area (Å²) in [7, 11) is -3.64. The molecule has 0 heterocycles. The van der Waals surface area contributed by atoms with Gasteiger partial charge in [-0.2, -0.15) is 0 Å². The number of hydrogen-bond acceptors (Lipinski definition) is 3. The number of aryl methyl sites for hydroxylation is 1. The lowest BCUT2D eigenvalue weighted by Crippen LogP contribution is -2.06. The Morgan fingerprint density at radius 1 is 1.09 bits per heavy atom. The van der Waals surface area contributed by atoms with Gasteiger partial charge in [0.25, 0.3) is 0 Å². The maximum absolute atomic E-state index is 12.0. The Kier molecular flexibility index (Phi) is 4.52. The number of sulfone groups is 1. The molecule has 0 fully saturated rings. The SMILES string of the molecule is Cc1cc(-c2ccc(Cl)cc2Cl)c(S(C)(=O)=O)cc1C(=O)O. The van der Waals surface area contributed by atoms with Gasteiger partial charge in [0, 0.05) is 27.4 Å². The summed E-state index contributed by atoms with van der Waals surface area (Å²) >= 11 is 12.0. The van der Waals surface area contributed by atoms with E-state index in [2.05, 4.69) is 0 Å². The molecule has 2 aromatic carbocycles. The summed E-state index contributed by atoms with van der Waals surface area (Å²) in [5.41, 5.74) is 1.22. The Labute approximate surface area is 138 Å². The zero-order valence-corrected chi connectivity index (χ0v) is 14.1. The number of halogens is 2. The van der Waals surface area contributed by atoms with Crippen LogP contribution in [0.2, 0.25) is 10.0 Å². The number of carboxylic acids is 1. The Bertz CT molecular complexity index is 873. The van der Waals surface area contributed by atoms with E-state index >= 15 is 0 Å². The third-order valence-electron chi connectivity index (χ3n) is 3.18. The van der Waals surface area contributed by atoms with E-state index in [0.717, 1.165) is 12.3 Å². The number of rotatable bonds is 3. The fourth-order valence-corrected chi connectivity index (χ4v) is 3.55. The average molecular weight is 359 g/mol. The third kappa shape index (κ3) is 3.27. The van der Waals surface area contributed by atoms with Crippen LogP contribution < -0.4 is 0 Å². The number of carboxylic acid groups (broad SMARTS) is 1. The zero-order chi connectivity index (χ0) is 16.7. The number of hydrogen-bond donors (Lipinski definition) is 1. The van der Waals surface area contributed by atoms with Gasteiger partial charge in [0.2, 0.25) is 0 Å². The van der Waals surface area contributed by atoms with Crippen LogP contribution in [-0.2, 0) is 9.84 Å². The Morgan fingerprint density at radius 3 is 2.23 bits per heavy atom. The Hall–Kier alpha value is -1.56. The molecule has 0 saturated heterocycles. The van der Waals surface area contributed by atoms with Crippen molar-refractivity contribution in [2.75, 3.05) is 6.26 Å². The first-order chi connectivity index (χ1) is 10.1. The van der Waals surface area contributed by atoms with Crippen LogP contribution >= 0.6 is 23.2 Å². The summed E-state index contributed by atoms with van der Waals surface area (Å²) in [6.45, 7) is 1.60. The molecule has 0 spiro atoms. The van der Waals surface area contributed by atoms with Crippen molar-refractivity contribution in [2.24, 2.45) is 0 Å². The van der Waals surface area contributed by atoms with Crippen LogP contribution in [0.1, 0.15) is 15.9 Å². The summed E-state index contributed by atoms with van der Waals surface area (Å²) in [6, 6.07) is 7.37. The van der Waals surface area contributed by atoms with Crippen LogP contribution in [0.15, 0.2) is 35.2 Å². The summed E-state index contributed by atoms with van der Waals surface area (Å²) < 4.78 is 24.1. The fourth-order valence-electron chi connectivity index (χ4n) is 2.14. The quantitative estimate of drug-likeness (QED) is 0.897. The van der Waals surface area contributed by atoms with Gasteiger partial charge in [-0.05, 0) is 36.8 Å². The molecular weight excluding hydrogens is 347 g/mol. The van der Waals surface area contributed by atoms with Gasteiger partial charge in [0.15, 0.2) is 9.84 Å². The van der Waals surface area contributed by atoms with E-state index in [9.17, 15) is 13.2 Å². The van der Waals surface area contributed by atoms with Crippen molar-refractivity contribution < 1.29 is 18.3 Å². The number of benzene rings is 2. The van der Waals surface area contributed by atoms with Gasteiger partial charge in [0.05, 0.1) is 10.5 Å². The predicted molar refractivity (Wildman–Crippen MR) is 86.7 cm³/mol. The van der Waals surface area contributed by atoms with Gasteiger partial charge < -0.3 is 5.11 Å². The van der Waals surface area contributed by atoms with Crippen molar-refractivity contribution in [2.45, 2.75) is 11.8 Å².